The fourth-order valence-electron chi connectivity index (χ4n) is 3.92. The zero-order chi connectivity index (χ0) is 18.4. The number of likely N-dealkylation sites (N-methyl/N-ethyl adjacent to an activating group) is 1. The van der Waals surface area contributed by atoms with Crippen molar-refractivity contribution in [1.29, 1.82) is 0 Å². The first-order valence-electron chi connectivity index (χ1n) is 9.66. The number of hydrogen-bond acceptors (Lipinski definition) is 4. The summed E-state index contributed by atoms with van der Waals surface area (Å²) in [6.45, 7) is 9.13. The monoisotopic (exact) mass is 381 g/mol. The van der Waals surface area contributed by atoms with Crippen LogP contribution in [0.3, 0.4) is 0 Å². The summed E-state index contributed by atoms with van der Waals surface area (Å²) in [6.07, 6.45) is 1.39. The average Bonchev–Trinajstić information content (AvgIpc) is 2.60. The summed E-state index contributed by atoms with van der Waals surface area (Å²) in [5.41, 5.74) is 0.163. The molecule has 1 saturated heterocycles. The lowest BCUT2D eigenvalue weighted by atomic mass is 9.99. The van der Waals surface area contributed by atoms with Crippen molar-refractivity contribution in [1.82, 2.24) is 4.90 Å². The molecule has 1 heterocycles. The number of thioether (sulfide) groups is 1. The molecule has 1 aliphatic heterocycles. The van der Waals surface area contributed by atoms with Crippen molar-refractivity contribution in [2.24, 2.45) is 0 Å². The molecule has 0 aliphatic carbocycles. The van der Waals surface area contributed by atoms with Crippen molar-refractivity contribution in [2.75, 3.05) is 14.1 Å². The quantitative estimate of drug-likeness (QED) is 0.574. The molecule has 142 valence electrons. The summed E-state index contributed by atoms with van der Waals surface area (Å²) in [5, 5.41) is 0. The van der Waals surface area contributed by atoms with Crippen LogP contribution >= 0.6 is 11.8 Å². The number of nitrogens with zero attached hydrogens (tertiary/aromatic N) is 1. The highest BCUT2D eigenvalue weighted by Gasteiger charge is 2.43. The van der Waals surface area contributed by atoms with E-state index in [4.69, 9.17) is 9.16 Å². The Morgan fingerprint density at radius 2 is 1.72 bits per heavy atom. The van der Waals surface area contributed by atoms with Crippen LogP contribution in [0.4, 0.5) is 0 Å². The number of benzene rings is 1. The van der Waals surface area contributed by atoms with Gasteiger partial charge in [-0.25, -0.2) is 0 Å². The van der Waals surface area contributed by atoms with Gasteiger partial charge >= 0.3 is 0 Å². The van der Waals surface area contributed by atoms with Crippen LogP contribution in [0.2, 0.25) is 18.1 Å². The zero-order valence-electron chi connectivity index (χ0n) is 16.7. The number of ether oxygens (including phenoxy) is 1. The Morgan fingerprint density at radius 1 is 1.12 bits per heavy atom. The second-order valence-corrected chi connectivity index (χ2v) is 13.2. The summed E-state index contributed by atoms with van der Waals surface area (Å²) in [6, 6.07) is 14.5. The summed E-state index contributed by atoms with van der Waals surface area (Å²) >= 11 is 1.83. The maximum Gasteiger partial charge on any atom is 0.192 e. The zero-order valence-corrected chi connectivity index (χ0v) is 18.5. The van der Waals surface area contributed by atoms with Crippen molar-refractivity contribution in [3.8, 4) is 0 Å². The lowest BCUT2D eigenvalue weighted by Gasteiger charge is -2.46. The molecule has 0 N–H and O–H groups in total. The molecule has 0 spiro atoms. The summed E-state index contributed by atoms with van der Waals surface area (Å²) in [7, 11) is 2.67. The normalized spacial score (nSPS) is 27.6. The predicted octanol–water partition coefficient (Wildman–Crippen LogP) is 5.23. The topological polar surface area (TPSA) is 21.7 Å². The van der Waals surface area contributed by atoms with Crippen LogP contribution in [0.15, 0.2) is 35.2 Å². The molecule has 0 bridgehead atoms. The molecular weight excluding hydrogens is 346 g/mol. The Balaban J connectivity index is 2.16. The Morgan fingerprint density at radius 3 is 2.24 bits per heavy atom. The molecule has 0 saturated carbocycles. The predicted molar refractivity (Wildman–Crippen MR) is 111 cm³/mol. The molecule has 25 heavy (non-hydrogen) atoms. The molecule has 0 radical (unpaired) electrons. The maximum absolute atomic E-state index is 6.94. The number of hydrogen-bond donors (Lipinski definition) is 0. The fourth-order valence-corrected chi connectivity index (χ4v) is 7.94. The van der Waals surface area contributed by atoms with Gasteiger partial charge in [-0.05, 0) is 51.3 Å². The van der Waals surface area contributed by atoms with E-state index in [0.717, 1.165) is 6.42 Å². The van der Waals surface area contributed by atoms with E-state index in [1.54, 1.807) is 0 Å². The van der Waals surface area contributed by atoms with E-state index >= 15 is 0 Å². The molecule has 1 fully saturated rings. The molecule has 2 rings (SSSR count). The smallest absolute Gasteiger partial charge is 0.192 e. The van der Waals surface area contributed by atoms with Crippen LogP contribution in [-0.4, -0.2) is 51.0 Å². The standard InChI is InChI=1S/C20H35NO2SSi/c1-7-25(8-2,9-3)23-18-15-19(22-16(4)20(18)21(5)6)24-17-13-11-10-12-14-17/h10-14,16,18-20H,7-9,15H2,1-6H3/t16-,18-,19?,20+/m0/s1. The van der Waals surface area contributed by atoms with Crippen LogP contribution in [-0.2, 0) is 9.16 Å². The highest BCUT2D eigenvalue weighted by atomic mass is 32.2. The van der Waals surface area contributed by atoms with Crippen molar-refractivity contribution in [3.05, 3.63) is 30.3 Å². The van der Waals surface area contributed by atoms with Crippen molar-refractivity contribution in [3.63, 3.8) is 0 Å². The fraction of sp³-hybridized carbons (Fsp3) is 0.700. The molecule has 0 amide bonds. The first kappa shape index (κ1) is 21.0. The van der Waals surface area contributed by atoms with E-state index < -0.39 is 8.32 Å². The third-order valence-electron chi connectivity index (χ3n) is 5.59. The summed E-state index contributed by atoms with van der Waals surface area (Å²) in [4.78, 5) is 3.56. The Bertz CT molecular complexity index is 501. The van der Waals surface area contributed by atoms with Gasteiger partial charge in [0.05, 0.1) is 18.2 Å². The molecule has 1 aliphatic rings. The van der Waals surface area contributed by atoms with Crippen LogP contribution in [0, 0.1) is 0 Å². The first-order chi connectivity index (χ1) is 11.9. The Hall–Kier alpha value is -0.333. The SMILES string of the molecule is CC[Si](CC)(CC)O[C@H]1CC(Sc2ccccc2)O[C@@H](C)[C@H]1N(C)C. The van der Waals surface area contributed by atoms with E-state index in [2.05, 4.69) is 77.0 Å². The largest absolute Gasteiger partial charge is 0.412 e. The second-order valence-electron chi connectivity index (χ2n) is 7.29. The molecule has 0 aromatic heterocycles. The van der Waals surface area contributed by atoms with E-state index in [1.165, 1.54) is 23.0 Å². The molecule has 1 aromatic carbocycles. The van der Waals surface area contributed by atoms with Gasteiger partial charge < -0.3 is 14.1 Å². The second kappa shape index (κ2) is 9.56. The van der Waals surface area contributed by atoms with Gasteiger partial charge in [-0.1, -0.05) is 50.7 Å². The van der Waals surface area contributed by atoms with Crippen LogP contribution in [0.25, 0.3) is 0 Å². The minimum atomic E-state index is -1.64. The van der Waals surface area contributed by atoms with Gasteiger partial charge in [0, 0.05) is 11.3 Å². The van der Waals surface area contributed by atoms with Gasteiger partial charge in [0.2, 0.25) is 0 Å². The van der Waals surface area contributed by atoms with Gasteiger partial charge in [0.15, 0.2) is 8.32 Å². The van der Waals surface area contributed by atoms with Gasteiger partial charge in [-0.15, -0.1) is 0 Å². The molecule has 3 nitrogen and oxygen atoms in total. The van der Waals surface area contributed by atoms with E-state index in [1.807, 2.05) is 11.8 Å². The van der Waals surface area contributed by atoms with E-state index in [9.17, 15) is 0 Å². The lowest BCUT2D eigenvalue weighted by molar-refractivity contribution is -0.0989. The van der Waals surface area contributed by atoms with Crippen molar-refractivity contribution < 1.29 is 9.16 Å². The first-order valence-corrected chi connectivity index (χ1v) is 13.1. The Labute approximate surface area is 159 Å². The summed E-state index contributed by atoms with van der Waals surface area (Å²) < 4.78 is 13.3. The molecule has 1 unspecified atom stereocenters. The van der Waals surface area contributed by atoms with E-state index in [0.29, 0.717) is 6.04 Å². The highest BCUT2D eigenvalue weighted by molar-refractivity contribution is 7.99. The summed E-state index contributed by atoms with van der Waals surface area (Å²) in [5.74, 6) is 0. The maximum atomic E-state index is 6.94. The van der Waals surface area contributed by atoms with Gasteiger partial charge in [-0.3, -0.25) is 0 Å². The third kappa shape index (κ3) is 5.33. The molecular formula is C20H35NO2SSi. The van der Waals surface area contributed by atoms with Crippen LogP contribution in [0.1, 0.15) is 34.1 Å². The van der Waals surface area contributed by atoms with Gasteiger partial charge in [0.25, 0.3) is 0 Å². The van der Waals surface area contributed by atoms with Gasteiger partial charge in [-0.2, -0.15) is 0 Å². The molecule has 1 aromatic rings. The van der Waals surface area contributed by atoms with E-state index in [-0.39, 0.29) is 17.6 Å². The molecule has 5 heteroatoms. The highest BCUT2D eigenvalue weighted by Crippen LogP contribution is 2.37. The third-order valence-corrected chi connectivity index (χ3v) is 11.4. The van der Waals surface area contributed by atoms with Crippen molar-refractivity contribution >= 4 is 20.1 Å². The minimum absolute atomic E-state index is 0.163. The Kier molecular flexibility index (Phi) is 8.02. The lowest BCUT2D eigenvalue weighted by Crippen LogP contribution is -2.57. The van der Waals surface area contributed by atoms with Crippen LogP contribution < -0.4 is 0 Å². The van der Waals surface area contributed by atoms with Crippen LogP contribution in [0.5, 0.6) is 0 Å². The number of rotatable bonds is 8. The van der Waals surface area contributed by atoms with Gasteiger partial charge in [0.1, 0.15) is 5.44 Å². The molecule has 4 atom stereocenters. The van der Waals surface area contributed by atoms with Crippen molar-refractivity contribution in [2.45, 2.75) is 80.8 Å². The average molecular weight is 382 g/mol. The minimum Gasteiger partial charge on any atom is -0.412 e.